The summed E-state index contributed by atoms with van der Waals surface area (Å²) in [4.78, 5) is 38.4. The van der Waals surface area contributed by atoms with E-state index in [2.05, 4.69) is 26.6 Å². The van der Waals surface area contributed by atoms with E-state index in [1.54, 1.807) is 18.0 Å². The molecule has 1 saturated carbocycles. The fourth-order valence-electron chi connectivity index (χ4n) is 3.97. The lowest BCUT2D eigenvalue weighted by atomic mass is 10.2. The number of carbonyl (C=O) groups excluding carboxylic acids is 3. The van der Waals surface area contributed by atoms with Gasteiger partial charge in [-0.05, 0) is 37.5 Å². The van der Waals surface area contributed by atoms with Crippen molar-refractivity contribution < 1.29 is 23.2 Å². The number of amides is 3. The van der Waals surface area contributed by atoms with Gasteiger partial charge in [0, 0.05) is 35.4 Å². The van der Waals surface area contributed by atoms with Gasteiger partial charge in [-0.1, -0.05) is 27.7 Å². The first-order chi connectivity index (χ1) is 14.7. The average Bonchev–Trinajstić information content (AvgIpc) is 3.40. The molecule has 1 aliphatic carbocycles. The monoisotopic (exact) mass is 510 g/mol. The molecule has 0 spiro atoms. The third kappa shape index (κ3) is 4.62. The number of thioether (sulfide) groups is 1. The van der Waals surface area contributed by atoms with Gasteiger partial charge in [0.05, 0.1) is 0 Å². The van der Waals surface area contributed by atoms with Gasteiger partial charge >= 0.3 is 0 Å². The van der Waals surface area contributed by atoms with E-state index in [-0.39, 0.29) is 52.7 Å². The highest BCUT2D eigenvalue weighted by Gasteiger charge is 2.35. The van der Waals surface area contributed by atoms with Gasteiger partial charge in [-0.2, -0.15) is 0 Å². The summed E-state index contributed by atoms with van der Waals surface area (Å²) < 4.78 is 20.1. The van der Waals surface area contributed by atoms with Crippen LogP contribution in [0.1, 0.15) is 36.2 Å². The van der Waals surface area contributed by atoms with Crippen LogP contribution in [0.4, 0.5) is 4.39 Å². The number of halogens is 2. The summed E-state index contributed by atoms with van der Waals surface area (Å²) in [5.74, 6) is -1.40. The molecule has 1 aromatic heterocycles. The van der Waals surface area contributed by atoms with Crippen LogP contribution < -0.4 is 10.6 Å². The Balaban J connectivity index is 1.35. The van der Waals surface area contributed by atoms with Crippen LogP contribution in [-0.4, -0.2) is 52.2 Å². The van der Waals surface area contributed by atoms with Crippen molar-refractivity contribution in [2.75, 3.05) is 7.05 Å². The first-order valence-corrected chi connectivity index (χ1v) is 11.4. The van der Waals surface area contributed by atoms with Crippen molar-refractivity contribution >= 4 is 61.6 Å². The molecule has 31 heavy (non-hydrogen) atoms. The molecule has 2 aliphatic rings. The maximum absolute atomic E-state index is 14.1. The van der Waals surface area contributed by atoms with Crippen LogP contribution in [-0.2, 0) is 9.59 Å². The second-order valence-corrected chi connectivity index (χ2v) is 9.82. The number of hydrogen-bond acceptors (Lipinski definition) is 6. The van der Waals surface area contributed by atoms with E-state index in [1.807, 2.05) is 0 Å². The van der Waals surface area contributed by atoms with E-state index in [1.165, 1.54) is 12.1 Å². The van der Waals surface area contributed by atoms with Gasteiger partial charge < -0.3 is 20.0 Å². The highest BCUT2D eigenvalue weighted by molar-refractivity contribution is 9.10. The van der Waals surface area contributed by atoms with Crippen LogP contribution >= 0.6 is 27.7 Å². The fraction of sp³-hybridized carbons (Fsp3) is 0.400. The van der Waals surface area contributed by atoms with Crippen molar-refractivity contribution in [3.8, 4) is 0 Å². The Bertz CT molecular complexity index is 1090. The maximum atomic E-state index is 14.1. The van der Waals surface area contributed by atoms with E-state index in [4.69, 9.17) is 9.83 Å². The Morgan fingerprint density at radius 3 is 2.87 bits per heavy atom. The van der Waals surface area contributed by atoms with Crippen LogP contribution in [0, 0.1) is 11.2 Å². The van der Waals surface area contributed by atoms with Crippen LogP contribution in [0.25, 0.3) is 11.0 Å². The number of hydrogen-bond donors (Lipinski definition) is 3. The molecule has 8 nitrogen and oxygen atoms in total. The first kappa shape index (κ1) is 21.8. The molecule has 1 aromatic carbocycles. The largest absolute Gasteiger partial charge is 0.448 e. The highest BCUT2D eigenvalue weighted by Crippen LogP contribution is 2.29. The van der Waals surface area contributed by atoms with Crippen molar-refractivity contribution in [3.63, 3.8) is 0 Å². The summed E-state index contributed by atoms with van der Waals surface area (Å²) in [6.45, 7) is 0. The summed E-state index contributed by atoms with van der Waals surface area (Å²) in [6, 6.07) is 4.29. The molecule has 1 aliphatic heterocycles. The molecular formula is C20H20BrFN4O4S. The lowest BCUT2D eigenvalue weighted by Crippen LogP contribution is -2.39. The van der Waals surface area contributed by atoms with Gasteiger partial charge in [0.15, 0.2) is 22.3 Å². The van der Waals surface area contributed by atoms with Gasteiger partial charge in [-0.3, -0.25) is 19.8 Å². The maximum Gasteiger partial charge on any atom is 0.289 e. The first-order valence-electron chi connectivity index (χ1n) is 9.72. The van der Waals surface area contributed by atoms with E-state index >= 15 is 0 Å². The van der Waals surface area contributed by atoms with Gasteiger partial charge in [-0.15, -0.1) is 0 Å². The zero-order valence-electron chi connectivity index (χ0n) is 16.5. The van der Waals surface area contributed by atoms with Crippen molar-refractivity contribution in [3.05, 3.63) is 34.2 Å². The zero-order chi connectivity index (χ0) is 22.3. The van der Waals surface area contributed by atoms with Gasteiger partial charge in [0.2, 0.25) is 11.8 Å². The predicted molar refractivity (Wildman–Crippen MR) is 117 cm³/mol. The Morgan fingerprint density at radius 2 is 2.16 bits per heavy atom. The van der Waals surface area contributed by atoms with Crippen LogP contribution in [0.3, 0.4) is 0 Å². The summed E-state index contributed by atoms with van der Waals surface area (Å²) in [5.41, 5.74) is 0.0402. The summed E-state index contributed by atoms with van der Waals surface area (Å²) in [7, 11) is 1.67. The number of nitrogens with one attached hydrogen (secondary N) is 3. The molecule has 2 fully saturated rings. The molecule has 3 unspecified atom stereocenters. The SMILES string of the molecule is CN(C(=O)c1cc2cc(Br)cc(F)c2o1)C1CCC(NC(=O)CC2SC(=N)NC2=O)C1. The average molecular weight is 511 g/mol. The molecule has 0 bridgehead atoms. The Labute approximate surface area is 189 Å². The van der Waals surface area contributed by atoms with Gasteiger partial charge in [0.1, 0.15) is 5.25 Å². The second-order valence-electron chi connectivity index (χ2n) is 7.69. The minimum absolute atomic E-state index is 0.00885. The second kappa shape index (κ2) is 8.62. The van der Waals surface area contributed by atoms with E-state index in [0.29, 0.717) is 29.1 Å². The van der Waals surface area contributed by atoms with Crippen molar-refractivity contribution in [2.24, 2.45) is 0 Å². The smallest absolute Gasteiger partial charge is 0.289 e. The van der Waals surface area contributed by atoms with Crippen LogP contribution in [0.15, 0.2) is 27.1 Å². The molecule has 3 amide bonds. The molecular weight excluding hydrogens is 491 g/mol. The molecule has 2 heterocycles. The lowest BCUT2D eigenvalue weighted by Gasteiger charge is -2.24. The lowest BCUT2D eigenvalue weighted by molar-refractivity contribution is -0.125. The van der Waals surface area contributed by atoms with Crippen molar-refractivity contribution in [1.82, 2.24) is 15.5 Å². The predicted octanol–water partition coefficient (Wildman–Crippen LogP) is 3.00. The molecule has 1 saturated heterocycles. The number of furan rings is 1. The number of nitrogens with zero attached hydrogens (tertiary/aromatic N) is 1. The zero-order valence-corrected chi connectivity index (χ0v) is 18.9. The number of amidine groups is 1. The Kier molecular flexibility index (Phi) is 6.07. The quantitative estimate of drug-likeness (QED) is 0.571. The summed E-state index contributed by atoms with van der Waals surface area (Å²) in [5, 5.41) is 12.7. The fourth-order valence-corrected chi connectivity index (χ4v) is 5.26. The topological polar surface area (TPSA) is 116 Å². The Morgan fingerprint density at radius 1 is 1.39 bits per heavy atom. The van der Waals surface area contributed by atoms with Crippen LogP contribution in [0.5, 0.6) is 0 Å². The third-order valence-electron chi connectivity index (χ3n) is 5.54. The number of carbonyl (C=O) groups is 3. The minimum Gasteiger partial charge on any atom is -0.448 e. The highest BCUT2D eigenvalue weighted by atomic mass is 79.9. The Hall–Kier alpha value is -2.40. The molecule has 3 N–H and O–H groups in total. The molecule has 3 atom stereocenters. The van der Waals surface area contributed by atoms with E-state index in [9.17, 15) is 18.8 Å². The van der Waals surface area contributed by atoms with E-state index in [0.717, 1.165) is 11.8 Å². The third-order valence-corrected chi connectivity index (χ3v) is 7.01. The van der Waals surface area contributed by atoms with Gasteiger partial charge in [-0.25, -0.2) is 4.39 Å². The van der Waals surface area contributed by atoms with Crippen molar-refractivity contribution in [2.45, 2.75) is 43.0 Å². The molecule has 0 radical (unpaired) electrons. The van der Waals surface area contributed by atoms with Crippen molar-refractivity contribution in [1.29, 1.82) is 5.41 Å². The standard InChI is InChI=1S/C20H20BrFN4O4S/c1-26(19(29)14-5-9-4-10(21)6-13(22)17(9)30-14)12-3-2-11(7-12)24-16(27)8-15-18(28)25-20(23)31-15/h4-6,11-12,15H,2-3,7-8H2,1H3,(H,24,27)(H2,23,25,28). The normalized spacial score (nSPS) is 23.3. The number of benzene rings is 1. The number of rotatable bonds is 5. The molecule has 164 valence electrons. The summed E-state index contributed by atoms with van der Waals surface area (Å²) >= 11 is 4.27. The van der Waals surface area contributed by atoms with E-state index < -0.39 is 11.1 Å². The number of fused-ring (bicyclic) bond motifs is 1. The minimum atomic E-state index is -0.581. The molecule has 2 aromatic rings. The van der Waals surface area contributed by atoms with Crippen LogP contribution in [0.2, 0.25) is 0 Å². The van der Waals surface area contributed by atoms with Gasteiger partial charge in [0.25, 0.3) is 5.91 Å². The molecule has 11 heteroatoms. The summed E-state index contributed by atoms with van der Waals surface area (Å²) in [6.07, 6.45) is 2.00. The molecule has 4 rings (SSSR count).